The molecule has 1 aliphatic heterocycles. The van der Waals surface area contributed by atoms with Gasteiger partial charge >= 0.3 is 23.9 Å². The van der Waals surface area contributed by atoms with Gasteiger partial charge < -0.3 is 39.0 Å². The van der Waals surface area contributed by atoms with Crippen LogP contribution in [-0.2, 0) is 42.9 Å². The highest BCUT2D eigenvalue weighted by Gasteiger charge is 2.50. The van der Waals surface area contributed by atoms with Crippen LogP contribution in [0.4, 0.5) is 0 Å². The van der Waals surface area contributed by atoms with Gasteiger partial charge in [0.2, 0.25) is 0 Å². The number of rotatable bonds is 49. The van der Waals surface area contributed by atoms with E-state index in [0.717, 1.165) is 122 Å². The van der Waals surface area contributed by atoms with Crippen LogP contribution in [0, 0.1) is 0 Å². The van der Waals surface area contributed by atoms with Crippen LogP contribution in [0.1, 0.15) is 239 Å². The Morgan fingerprint density at radius 1 is 0.453 bits per heavy atom. The van der Waals surface area contributed by atoms with Crippen molar-refractivity contribution in [2.24, 2.45) is 0 Å². The number of esters is 3. The molecule has 428 valence electrons. The Bertz CT molecular complexity index is 1630. The zero-order chi connectivity index (χ0) is 54.7. The molecule has 0 aliphatic carbocycles. The highest BCUT2D eigenvalue weighted by molar-refractivity contribution is 5.74. The van der Waals surface area contributed by atoms with E-state index < -0.39 is 67.3 Å². The summed E-state index contributed by atoms with van der Waals surface area (Å²) in [6.45, 7) is 5.73. The van der Waals surface area contributed by atoms with Gasteiger partial charge in [-0.1, -0.05) is 215 Å². The quantitative estimate of drug-likeness (QED) is 0.0228. The predicted octanol–water partition coefficient (Wildman–Crippen LogP) is 15.1. The van der Waals surface area contributed by atoms with E-state index in [-0.39, 0.29) is 25.9 Å². The Morgan fingerprint density at radius 3 is 1.31 bits per heavy atom. The van der Waals surface area contributed by atoms with Gasteiger partial charge in [-0.2, -0.15) is 0 Å². The lowest BCUT2D eigenvalue weighted by Gasteiger charge is -2.40. The van der Waals surface area contributed by atoms with E-state index in [1.54, 1.807) is 0 Å². The van der Waals surface area contributed by atoms with Gasteiger partial charge in [-0.3, -0.25) is 14.4 Å². The summed E-state index contributed by atoms with van der Waals surface area (Å²) in [5, 5.41) is 31.5. The molecule has 1 rings (SSSR count). The molecule has 0 amide bonds. The molecule has 0 aromatic rings. The van der Waals surface area contributed by atoms with Crippen LogP contribution in [0.3, 0.4) is 0 Å². The van der Waals surface area contributed by atoms with E-state index in [2.05, 4.69) is 106 Å². The number of carbonyl (C=O) groups excluding carboxylic acids is 3. The molecule has 0 radical (unpaired) electrons. The van der Waals surface area contributed by atoms with Gasteiger partial charge in [-0.25, -0.2) is 4.79 Å². The van der Waals surface area contributed by atoms with Gasteiger partial charge in [0.25, 0.3) is 0 Å². The van der Waals surface area contributed by atoms with E-state index in [0.29, 0.717) is 19.3 Å². The molecule has 6 atom stereocenters. The molecule has 3 N–H and O–H groups in total. The summed E-state index contributed by atoms with van der Waals surface area (Å²) in [5.74, 6) is -3.18. The van der Waals surface area contributed by atoms with E-state index in [4.69, 9.17) is 23.7 Å². The lowest BCUT2D eigenvalue weighted by Crippen LogP contribution is -2.61. The third-order valence-corrected chi connectivity index (χ3v) is 13.0. The zero-order valence-corrected chi connectivity index (χ0v) is 47.0. The Balaban J connectivity index is 2.71. The first-order chi connectivity index (χ1) is 36.6. The van der Waals surface area contributed by atoms with Crippen LogP contribution in [-0.4, -0.2) is 89.2 Å². The van der Waals surface area contributed by atoms with Crippen molar-refractivity contribution in [2.45, 2.75) is 276 Å². The second-order valence-electron chi connectivity index (χ2n) is 19.9. The minimum absolute atomic E-state index is 0.0430. The number of aliphatic carboxylic acids is 1. The minimum atomic E-state index is -1.91. The normalized spacial score (nSPS) is 18.8. The van der Waals surface area contributed by atoms with Gasteiger partial charge in [-0.05, 0) is 89.9 Å². The number of allylic oxidation sites excluding steroid dienone is 14. The molecule has 0 spiro atoms. The minimum Gasteiger partial charge on any atom is -0.479 e. The van der Waals surface area contributed by atoms with Gasteiger partial charge in [0.15, 0.2) is 24.6 Å². The second-order valence-corrected chi connectivity index (χ2v) is 19.9. The second kappa shape index (κ2) is 50.7. The molecule has 6 unspecified atom stereocenters. The molecule has 1 heterocycles. The van der Waals surface area contributed by atoms with E-state index >= 15 is 0 Å². The Kier molecular flexibility index (Phi) is 46.6. The number of hydrogen-bond acceptors (Lipinski definition) is 11. The van der Waals surface area contributed by atoms with Crippen molar-refractivity contribution in [3.05, 3.63) is 85.1 Å². The summed E-state index contributed by atoms with van der Waals surface area (Å²) in [7, 11) is 0. The molecule has 1 aliphatic rings. The zero-order valence-electron chi connectivity index (χ0n) is 47.0. The molecule has 0 aromatic carbocycles. The van der Waals surface area contributed by atoms with Gasteiger partial charge in [0.05, 0.1) is 6.61 Å². The largest absolute Gasteiger partial charge is 0.479 e. The maximum absolute atomic E-state index is 13.1. The maximum Gasteiger partial charge on any atom is 0.335 e. The molecular formula is C63H104O12. The maximum atomic E-state index is 13.1. The fourth-order valence-electron chi connectivity index (χ4n) is 8.49. The number of hydrogen-bond donors (Lipinski definition) is 3. The van der Waals surface area contributed by atoms with Gasteiger partial charge in [0.1, 0.15) is 18.8 Å². The van der Waals surface area contributed by atoms with Crippen LogP contribution < -0.4 is 0 Å². The summed E-state index contributed by atoms with van der Waals surface area (Å²) < 4.78 is 28.4. The van der Waals surface area contributed by atoms with Crippen molar-refractivity contribution in [3.63, 3.8) is 0 Å². The van der Waals surface area contributed by atoms with Crippen LogP contribution in [0.2, 0.25) is 0 Å². The summed E-state index contributed by atoms with van der Waals surface area (Å²) >= 11 is 0. The fourth-order valence-corrected chi connectivity index (χ4v) is 8.49. The lowest BCUT2D eigenvalue weighted by atomic mass is 9.98. The number of carboxylic acid groups (broad SMARTS) is 1. The highest BCUT2D eigenvalue weighted by atomic mass is 16.7. The third-order valence-electron chi connectivity index (χ3n) is 13.0. The summed E-state index contributed by atoms with van der Waals surface area (Å²) in [5.41, 5.74) is 0. The number of unbranched alkanes of at least 4 members (excludes halogenated alkanes) is 21. The topological polar surface area (TPSA) is 175 Å². The van der Waals surface area contributed by atoms with E-state index in [9.17, 15) is 34.5 Å². The fraction of sp³-hybridized carbons (Fsp3) is 0.714. The molecule has 0 aromatic heterocycles. The molecule has 75 heavy (non-hydrogen) atoms. The van der Waals surface area contributed by atoms with Gasteiger partial charge in [-0.15, -0.1) is 0 Å². The van der Waals surface area contributed by atoms with Crippen molar-refractivity contribution in [2.75, 3.05) is 13.2 Å². The number of aliphatic hydroxyl groups is 2. The molecular weight excluding hydrogens is 949 g/mol. The molecule has 0 saturated carbocycles. The third kappa shape index (κ3) is 40.8. The first-order valence-electron chi connectivity index (χ1n) is 29.6. The predicted molar refractivity (Wildman–Crippen MR) is 303 cm³/mol. The molecule has 1 saturated heterocycles. The molecule has 1 fully saturated rings. The first kappa shape index (κ1) is 68.9. The van der Waals surface area contributed by atoms with Crippen molar-refractivity contribution in [1.29, 1.82) is 0 Å². The molecule has 0 bridgehead atoms. The van der Waals surface area contributed by atoms with Crippen LogP contribution in [0.5, 0.6) is 0 Å². The van der Waals surface area contributed by atoms with Crippen molar-refractivity contribution in [3.8, 4) is 0 Å². The smallest absolute Gasteiger partial charge is 0.335 e. The Morgan fingerprint density at radius 2 is 0.840 bits per heavy atom. The van der Waals surface area contributed by atoms with Crippen molar-refractivity contribution < 1.29 is 58.2 Å². The first-order valence-corrected chi connectivity index (χ1v) is 29.6. The van der Waals surface area contributed by atoms with E-state index in [1.807, 2.05) is 0 Å². The Labute approximate surface area is 454 Å². The van der Waals surface area contributed by atoms with E-state index in [1.165, 1.54) is 57.8 Å². The van der Waals surface area contributed by atoms with Crippen LogP contribution in [0.15, 0.2) is 85.1 Å². The Hall–Kier alpha value is -4.10. The summed E-state index contributed by atoms with van der Waals surface area (Å²) in [6.07, 6.45) is 52.7. The summed E-state index contributed by atoms with van der Waals surface area (Å²) in [6, 6.07) is 0. The monoisotopic (exact) mass is 1050 g/mol. The van der Waals surface area contributed by atoms with Crippen LogP contribution in [0.25, 0.3) is 0 Å². The number of ether oxygens (including phenoxy) is 5. The summed E-state index contributed by atoms with van der Waals surface area (Å²) in [4.78, 5) is 51.1. The molecule has 12 heteroatoms. The van der Waals surface area contributed by atoms with Crippen molar-refractivity contribution in [1.82, 2.24) is 0 Å². The standard InChI is InChI=1S/C63H104O12/c1-4-7-10-13-16-19-22-25-27-28-30-33-36-39-42-45-48-51-57(66)74-61-59(68)58(67)60(62(69)70)75-63(61)72-53-54(73-56(65)50-47-44-41-38-35-31-24-21-18-15-12-9-6-3)52-71-55(64)49-46-43-40-37-34-32-29-26-23-20-17-14-11-8-5-2/h7-8,10-11,16-17,19-20,25-27,29,34,37,54,58-61,63,67-68H,4-6,9,12-15,18,21-24,28,30-33,35-36,38-53H2,1-3H3,(H,69,70)/b10-7-,11-8-,19-16-,20-17-,27-25-,29-26-,37-34-. The number of aliphatic hydroxyl groups excluding tert-OH is 2. The number of carbonyl (C=O) groups is 4. The SMILES string of the molecule is CC/C=C\C/C=C\C/C=C\C/C=C\CCCCC(=O)OCC(COC1OC(C(=O)O)C(O)C(O)C1OC(=O)CCCCCCCCC/C=C\C/C=C\C/C=C\CC)OC(=O)CCCCCCCCCCCCCCC. The average Bonchev–Trinajstić information content (AvgIpc) is 3.39. The van der Waals surface area contributed by atoms with Crippen LogP contribution >= 0.6 is 0 Å². The number of carboxylic acids is 1. The average molecular weight is 1050 g/mol. The highest BCUT2D eigenvalue weighted by Crippen LogP contribution is 2.26. The van der Waals surface area contributed by atoms with Gasteiger partial charge in [0, 0.05) is 19.3 Å². The molecule has 12 nitrogen and oxygen atoms in total. The lowest BCUT2D eigenvalue weighted by molar-refractivity contribution is -0.301. The van der Waals surface area contributed by atoms with Crippen molar-refractivity contribution >= 4 is 23.9 Å².